The molecule has 1 amide bonds. The van der Waals surface area contributed by atoms with Crippen molar-refractivity contribution >= 4 is 28.9 Å². The number of carbonyl (C=O) groups excluding carboxylic acids is 2. The summed E-state index contributed by atoms with van der Waals surface area (Å²) < 4.78 is 33.2. The van der Waals surface area contributed by atoms with Crippen LogP contribution in [-0.4, -0.2) is 44.1 Å². The molecule has 154 valence electrons. The first-order valence-electron chi connectivity index (χ1n) is 8.15. The standard InChI is InChI=1S/C18H17F2N3O6/c1-22(2)14-8-3-11(9-15(14)23(26)27)17(25)28-10-16(24)21-12-4-6-13(7-5-12)29-18(19)20/h3-9,18H,10H2,1-2H3,(H,21,24). The van der Waals surface area contributed by atoms with Gasteiger partial charge in [-0.15, -0.1) is 0 Å². The second-order valence-corrected chi connectivity index (χ2v) is 5.88. The molecule has 29 heavy (non-hydrogen) atoms. The lowest BCUT2D eigenvalue weighted by molar-refractivity contribution is -0.384. The van der Waals surface area contributed by atoms with E-state index in [2.05, 4.69) is 10.1 Å². The average Bonchev–Trinajstić information content (AvgIpc) is 2.66. The molecule has 0 aromatic heterocycles. The van der Waals surface area contributed by atoms with Crippen LogP contribution in [0, 0.1) is 10.1 Å². The van der Waals surface area contributed by atoms with Gasteiger partial charge in [0.05, 0.1) is 10.5 Å². The van der Waals surface area contributed by atoms with E-state index >= 15 is 0 Å². The molecule has 0 aliphatic heterocycles. The average molecular weight is 409 g/mol. The Kier molecular flexibility index (Phi) is 7.01. The minimum absolute atomic E-state index is 0.0767. The van der Waals surface area contributed by atoms with Gasteiger partial charge in [-0.1, -0.05) is 0 Å². The molecule has 2 aromatic rings. The van der Waals surface area contributed by atoms with Crippen molar-refractivity contribution in [2.45, 2.75) is 6.61 Å². The molecule has 2 rings (SSSR count). The van der Waals surface area contributed by atoms with Gasteiger partial charge in [-0.3, -0.25) is 14.9 Å². The molecule has 0 saturated carbocycles. The van der Waals surface area contributed by atoms with Crippen LogP contribution < -0.4 is 15.0 Å². The zero-order chi connectivity index (χ0) is 21.6. The lowest BCUT2D eigenvalue weighted by atomic mass is 10.1. The number of nitrogens with zero attached hydrogens (tertiary/aromatic N) is 2. The summed E-state index contributed by atoms with van der Waals surface area (Å²) >= 11 is 0. The van der Waals surface area contributed by atoms with Gasteiger partial charge in [0.15, 0.2) is 6.61 Å². The Morgan fingerprint density at radius 3 is 2.38 bits per heavy atom. The van der Waals surface area contributed by atoms with Gasteiger partial charge in [-0.25, -0.2) is 4.79 Å². The van der Waals surface area contributed by atoms with Crippen molar-refractivity contribution in [1.82, 2.24) is 0 Å². The van der Waals surface area contributed by atoms with E-state index in [0.717, 1.165) is 6.07 Å². The lowest BCUT2D eigenvalue weighted by Gasteiger charge is -2.13. The monoisotopic (exact) mass is 409 g/mol. The first-order valence-corrected chi connectivity index (χ1v) is 8.15. The van der Waals surface area contributed by atoms with E-state index in [1.165, 1.54) is 41.3 Å². The number of hydrogen-bond acceptors (Lipinski definition) is 7. The van der Waals surface area contributed by atoms with Crippen molar-refractivity contribution in [1.29, 1.82) is 0 Å². The molecule has 1 N–H and O–H groups in total. The summed E-state index contributed by atoms with van der Waals surface area (Å²) in [6.45, 7) is -3.60. The topological polar surface area (TPSA) is 111 Å². The number of nitro groups is 1. The SMILES string of the molecule is CN(C)c1ccc(C(=O)OCC(=O)Nc2ccc(OC(F)F)cc2)cc1[N+](=O)[O-]. The molecule has 0 radical (unpaired) electrons. The first kappa shape index (κ1) is 21.5. The second kappa shape index (κ2) is 9.44. The van der Waals surface area contributed by atoms with Crippen molar-refractivity contribution in [3.63, 3.8) is 0 Å². The Morgan fingerprint density at radius 2 is 1.83 bits per heavy atom. The fourth-order valence-electron chi connectivity index (χ4n) is 2.31. The number of alkyl halides is 2. The van der Waals surface area contributed by atoms with E-state index in [1.54, 1.807) is 14.1 Å². The number of halogens is 2. The number of nitro benzene ring substituents is 1. The Balaban J connectivity index is 1.95. The Labute approximate surface area is 164 Å². The molecule has 0 spiro atoms. The van der Waals surface area contributed by atoms with Gasteiger partial charge in [0.1, 0.15) is 11.4 Å². The maximum absolute atomic E-state index is 12.1. The number of benzene rings is 2. The van der Waals surface area contributed by atoms with Crippen LogP contribution in [-0.2, 0) is 9.53 Å². The second-order valence-electron chi connectivity index (χ2n) is 5.88. The van der Waals surface area contributed by atoms with Crippen molar-refractivity contribution < 1.29 is 32.8 Å². The molecule has 2 aromatic carbocycles. The van der Waals surface area contributed by atoms with Gasteiger partial charge >= 0.3 is 12.6 Å². The number of carbonyl (C=O) groups is 2. The predicted molar refractivity (Wildman–Crippen MR) is 99.4 cm³/mol. The lowest BCUT2D eigenvalue weighted by Crippen LogP contribution is -2.21. The maximum atomic E-state index is 12.1. The van der Waals surface area contributed by atoms with Crippen LogP contribution in [0.25, 0.3) is 0 Å². The van der Waals surface area contributed by atoms with Gasteiger partial charge in [0, 0.05) is 25.8 Å². The Morgan fingerprint density at radius 1 is 1.17 bits per heavy atom. The fourth-order valence-corrected chi connectivity index (χ4v) is 2.31. The number of ether oxygens (including phenoxy) is 2. The predicted octanol–water partition coefficient (Wildman–Crippen LogP) is 3.06. The normalized spacial score (nSPS) is 10.4. The highest BCUT2D eigenvalue weighted by Crippen LogP contribution is 2.28. The number of hydrogen-bond donors (Lipinski definition) is 1. The van der Waals surface area contributed by atoms with Crippen LogP contribution in [0.3, 0.4) is 0 Å². The first-order chi connectivity index (χ1) is 13.7. The van der Waals surface area contributed by atoms with E-state index in [9.17, 15) is 28.5 Å². The third kappa shape index (κ3) is 6.13. The highest BCUT2D eigenvalue weighted by atomic mass is 19.3. The van der Waals surface area contributed by atoms with Gasteiger partial charge in [0.25, 0.3) is 11.6 Å². The molecule has 0 unspecified atom stereocenters. The van der Waals surface area contributed by atoms with Gasteiger partial charge in [0.2, 0.25) is 0 Å². The zero-order valence-corrected chi connectivity index (χ0v) is 15.4. The minimum Gasteiger partial charge on any atom is -0.452 e. The largest absolute Gasteiger partial charge is 0.452 e. The van der Waals surface area contributed by atoms with E-state index < -0.39 is 30.0 Å². The maximum Gasteiger partial charge on any atom is 0.387 e. The van der Waals surface area contributed by atoms with Crippen molar-refractivity contribution in [2.75, 3.05) is 30.9 Å². The van der Waals surface area contributed by atoms with Crippen LogP contribution in [0.1, 0.15) is 10.4 Å². The molecule has 0 heterocycles. The molecular formula is C18H17F2N3O6. The van der Waals surface area contributed by atoms with Crippen molar-refractivity contribution in [2.24, 2.45) is 0 Å². The number of anilines is 2. The third-order valence-electron chi connectivity index (χ3n) is 3.59. The number of amides is 1. The molecule has 9 nitrogen and oxygen atoms in total. The van der Waals surface area contributed by atoms with Crippen LogP contribution in [0.15, 0.2) is 42.5 Å². The smallest absolute Gasteiger partial charge is 0.387 e. The van der Waals surface area contributed by atoms with Crippen molar-refractivity contribution in [3.05, 3.63) is 58.1 Å². The highest BCUT2D eigenvalue weighted by Gasteiger charge is 2.20. The van der Waals surface area contributed by atoms with E-state index in [4.69, 9.17) is 4.74 Å². The Hall–Kier alpha value is -3.76. The van der Waals surface area contributed by atoms with Crippen LogP contribution in [0.4, 0.5) is 25.8 Å². The van der Waals surface area contributed by atoms with E-state index in [0.29, 0.717) is 5.69 Å². The van der Waals surface area contributed by atoms with Crippen LogP contribution in [0.2, 0.25) is 0 Å². The fraction of sp³-hybridized carbons (Fsp3) is 0.222. The molecule has 11 heteroatoms. The van der Waals surface area contributed by atoms with Crippen molar-refractivity contribution in [3.8, 4) is 5.75 Å². The summed E-state index contributed by atoms with van der Waals surface area (Å²) in [5.74, 6) is -1.67. The van der Waals surface area contributed by atoms with Gasteiger partial charge in [-0.2, -0.15) is 8.78 Å². The summed E-state index contributed by atoms with van der Waals surface area (Å²) in [7, 11) is 3.24. The van der Waals surface area contributed by atoms with E-state index in [-0.39, 0.29) is 22.7 Å². The summed E-state index contributed by atoms with van der Waals surface area (Å²) in [5, 5.41) is 13.6. The summed E-state index contributed by atoms with van der Waals surface area (Å²) in [5.41, 5.74) is 0.228. The molecule has 0 atom stereocenters. The number of rotatable bonds is 8. The van der Waals surface area contributed by atoms with Crippen LogP contribution >= 0.6 is 0 Å². The number of nitrogens with one attached hydrogen (secondary N) is 1. The highest BCUT2D eigenvalue weighted by molar-refractivity contribution is 5.96. The number of esters is 1. The molecule has 0 saturated heterocycles. The van der Waals surface area contributed by atoms with Gasteiger partial charge in [-0.05, 0) is 36.4 Å². The van der Waals surface area contributed by atoms with Gasteiger partial charge < -0.3 is 19.7 Å². The quantitative estimate of drug-likeness (QED) is 0.405. The molecule has 0 fully saturated rings. The molecular weight excluding hydrogens is 392 g/mol. The molecule has 0 bridgehead atoms. The summed E-state index contributed by atoms with van der Waals surface area (Å²) in [6.07, 6.45) is 0. The Bertz CT molecular complexity index is 903. The summed E-state index contributed by atoms with van der Waals surface area (Å²) in [6, 6.07) is 8.96. The summed E-state index contributed by atoms with van der Waals surface area (Å²) in [4.78, 5) is 36.0. The van der Waals surface area contributed by atoms with Crippen LogP contribution in [0.5, 0.6) is 5.75 Å². The van der Waals surface area contributed by atoms with E-state index in [1.807, 2.05) is 0 Å². The molecule has 0 aliphatic carbocycles. The zero-order valence-electron chi connectivity index (χ0n) is 15.4. The minimum atomic E-state index is -2.96. The molecule has 0 aliphatic rings. The third-order valence-corrected chi connectivity index (χ3v) is 3.59.